The van der Waals surface area contributed by atoms with E-state index in [1.807, 2.05) is 13.0 Å². The van der Waals surface area contributed by atoms with Crippen LogP contribution in [0.2, 0.25) is 0 Å². The van der Waals surface area contributed by atoms with Crippen LogP contribution in [0.3, 0.4) is 0 Å². The summed E-state index contributed by atoms with van der Waals surface area (Å²) in [5, 5.41) is 3.27. The molecular weight excluding hydrogens is 338 g/mol. The molecule has 112 valence electrons. The molecule has 1 aromatic heterocycles. The number of aromatic nitrogens is 1. The Morgan fingerprint density at radius 3 is 2.76 bits per heavy atom. The van der Waals surface area contributed by atoms with Crippen molar-refractivity contribution in [3.63, 3.8) is 0 Å². The zero-order chi connectivity index (χ0) is 15.2. The highest BCUT2D eigenvalue weighted by atomic mass is 79.9. The molecule has 5 heteroatoms. The van der Waals surface area contributed by atoms with Crippen LogP contribution in [0.4, 0.5) is 8.78 Å². The van der Waals surface area contributed by atoms with E-state index in [-0.39, 0.29) is 17.7 Å². The summed E-state index contributed by atoms with van der Waals surface area (Å²) in [6.07, 6.45) is 2.97. The third-order valence-electron chi connectivity index (χ3n) is 3.12. The molecule has 1 aromatic carbocycles. The SMILES string of the molecule is CCCNC(Cc1cc(F)cc(Br)c1)c1ncccc1F. The average molecular weight is 355 g/mol. The zero-order valence-corrected chi connectivity index (χ0v) is 13.3. The van der Waals surface area contributed by atoms with Crippen molar-refractivity contribution in [3.05, 3.63) is 63.9 Å². The van der Waals surface area contributed by atoms with Crippen molar-refractivity contribution >= 4 is 15.9 Å². The van der Waals surface area contributed by atoms with E-state index >= 15 is 0 Å². The van der Waals surface area contributed by atoms with Crippen molar-refractivity contribution < 1.29 is 8.78 Å². The Bertz CT molecular complexity index is 584. The van der Waals surface area contributed by atoms with Gasteiger partial charge >= 0.3 is 0 Å². The van der Waals surface area contributed by atoms with Crippen LogP contribution >= 0.6 is 15.9 Å². The molecule has 0 saturated heterocycles. The fraction of sp³-hybridized carbons (Fsp3) is 0.312. The largest absolute Gasteiger partial charge is 0.308 e. The summed E-state index contributed by atoms with van der Waals surface area (Å²) in [5.41, 5.74) is 1.16. The molecule has 1 unspecified atom stereocenters. The summed E-state index contributed by atoms with van der Waals surface area (Å²) in [4.78, 5) is 4.13. The van der Waals surface area contributed by atoms with Gasteiger partial charge in [0.1, 0.15) is 11.6 Å². The maximum atomic E-state index is 13.9. The van der Waals surface area contributed by atoms with Crippen molar-refractivity contribution in [2.24, 2.45) is 0 Å². The molecule has 1 N–H and O–H groups in total. The fourth-order valence-corrected chi connectivity index (χ4v) is 2.72. The Morgan fingerprint density at radius 2 is 2.10 bits per heavy atom. The topological polar surface area (TPSA) is 24.9 Å². The summed E-state index contributed by atoms with van der Waals surface area (Å²) < 4.78 is 28.1. The number of hydrogen-bond acceptors (Lipinski definition) is 2. The van der Waals surface area contributed by atoms with Gasteiger partial charge in [0, 0.05) is 10.7 Å². The maximum absolute atomic E-state index is 13.9. The second-order valence-electron chi connectivity index (χ2n) is 4.86. The number of halogens is 3. The van der Waals surface area contributed by atoms with E-state index in [9.17, 15) is 8.78 Å². The molecule has 0 aliphatic heterocycles. The van der Waals surface area contributed by atoms with Gasteiger partial charge in [0.25, 0.3) is 0 Å². The van der Waals surface area contributed by atoms with Gasteiger partial charge in [-0.3, -0.25) is 4.98 Å². The predicted octanol–water partition coefficient (Wildman–Crippen LogP) is 4.41. The fourth-order valence-electron chi connectivity index (χ4n) is 2.20. The van der Waals surface area contributed by atoms with Gasteiger partial charge in [-0.05, 0) is 55.3 Å². The van der Waals surface area contributed by atoms with Crippen LogP contribution in [0.15, 0.2) is 41.0 Å². The minimum atomic E-state index is -0.346. The number of hydrogen-bond donors (Lipinski definition) is 1. The molecule has 0 aliphatic rings. The van der Waals surface area contributed by atoms with E-state index in [0.717, 1.165) is 18.5 Å². The van der Waals surface area contributed by atoms with Gasteiger partial charge in [-0.25, -0.2) is 8.78 Å². The van der Waals surface area contributed by atoms with Gasteiger partial charge in [-0.15, -0.1) is 0 Å². The molecule has 0 aliphatic carbocycles. The lowest BCUT2D eigenvalue weighted by molar-refractivity contribution is 0.482. The molecular formula is C16H17BrF2N2. The number of pyridine rings is 1. The van der Waals surface area contributed by atoms with Crippen LogP contribution in [0.1, 0.15) is 30.6 Å². The van der Waals surface area contributed by atoms with E-state index < -0.39 is 0 Å². The monoisotopic (exact) mass is 354 g/mol. The first-order valence-electron chi connectivity index (χ1n) is 6.89. The number of benzene rings is 1. The van der Waals surface area contributed by atoms with Gasteiger partial charge in [-0.1, -0.05) is 22.9 Å². The molecule has 0 saturated carbocycles. The molecule has 0 radical (unpaired) electrons. The van der Waals surface area contributed by atoms with Crippen LogP contribution in [0, 0.1) is 11.6 Å². The highest BCUT2D eigenvalue weighted by Gasteiger charge is 2.17. The zero-order valence-electron chi connectivity index (χ0n) is 11.7. The molecule has 0 amide bonds. The predicted molar refractivity (Wildman–Crippen MR) is 83.0 cm³/mol. The van der Waals surface area contributed by atoms with E-state index in [1.54, 1.807) is 12.3 Å². The molecule has 0 bridgehead atoms. The first-order valence-corrected chi connectivity index (χ1v) is 7.68. The van der Waals surface area contributed by atoms with Crippen molar-refractivity contribution in [1.29, 1.82) is 0 Å². The molecule has 0 fully saturated rings. The highest BCUT2D eigenvalue weighted by molar-refractivity contribution is 9.10. The third-order valence-corrected chi connectivity index (χ3v) is 3.58. The second kappa shape index (κ2) is 7.61. The lowest BCUT2D eigenvalue weighted by Gasteiger charge is -2.19. The summed E-state index contributed by atoms with van der Waals surface area (Å²) in [7, 11) is 0. The Labute approximate surface area is 131 Å². The molecule has 2 nitrogen and oxygen atoms in total. The minimum Gasteiger partial charge on any atom is -0.308 e. The van der Waals surface area contributed by atoms with Crippen LogP contribution in [-0.4, -0.2) is 11.5 Å². The minimum absolute atomic E-state index is 0.278. The average Bonchev–Trinajstić information content (AvgIpc) is 2.43. The number of nitrogens with one attached hydrogen (secondary N) is 1. The number of nitrogens with zero attached hydrogens (tertiary/aromatic N) is 1. The van der Waals surface area contributed by atoms with Gasteiger partial charge in [0.15, 0.2) is 0 Å². The summed E-state index contributed by atoms with van der Waals surface area (Å²) in [6.45, 7) is 2.79. The maximum Gasteiger partial charge on any atom is 0.146 e. The van der Waals surface area contributed by atoms with E-state index in [0.29, 0.717) is 16.6 Å². The summed E-state index contributed by atoms with van der Waals surface area (Å²) >= 11 is 3.28. The normalized spacial score (nSPS) is 12.4. The Balaban J connectivity index is 2.26. The molecule has 2 rings (SSSR count). The standard InChI is InChI=1S/C16H17BrF2N2/c1-2-5-20-15(16-14(19)4-3-6-21-16)9-11-7-12(17)10-13(18)8-11/h3-4,6-8,10,15,20H,2,5,9H2,1H3. The Morgan fingerprint density at radius 1 is 1.29 bits per heavy atom. The van der Waals surface area contributed by atoms with Crippen molar-refractivity contribution in [2.75, 3.05) is 6.54 Å². The van der Waals surface area contributed by atoms with E-state index in [4.69, 9.17) is 0 Å². The molecule has 1 heterocycles. The lowest BCUT2D eigenvalue weighted by Crippen LogP contribution is -2.26. The van der Waals surface area contributed by atoms with Gasteiger partial charge in [0.2, 0.25) is 0 Å². The van der Waals surface area contributed by atoms with E-state index in [2.05, 4.69) is 26.2 Å². The lowest BCUT2D eigenvalue weighted by atomic mass is 10.0. The summed E-state index contributed by atoms with van der Waals surface area (Å²) in [6, 6.07) is 7.38. The van der Waals surface area contributed by atoms with E-state index in [1.165, 1.54) is 18.2 Å². The first kappa shape index (κ1) is 16.0. The van der Waals surface area contributed by atoms with Crippen molar-refractivity contribution in [1.82, 2.24) is 10.3 Å². The second-order valence-corrected chi connectivity index (χ2v) is 5.77. The smallest absolute Gasteiger partial charge is 0.146 e. The first-order chi connectivity index (χ1) is 10.1. The van der Waals surface area contributed by atoms with Crippen molar-refractivity contribution in [3.8, 4) is 0 Å². The quantitative estimate of drug-likeness (QED) is 0.831. The molecule has 1 atom stereocenters. The van der Waals surface area contributed by atoms with Crippen molar-refractivity contribution in [2.45, 2.75) is 25.8 Å². The highest BCUT2D eigenvalue weighted by Crippen LogP contribution is 2.22. The van der Waals surface area contributed by atoms with Crippen LogP contribution < -0.4 is 5.32 Å². The Kier molecular flexibility index (Phi) is 5.82. The van der Waals surface area contributed by atoms with Gasteiger partial charge in [0.05, 0.1) is 11.7 Å². The van der Waals surface area contributed by atoms with Gasteiger partial charge in [-0.2, -0.15) is 0 Å². The third kappa shape index (κ3) is 4.58. The number of rotatable bonds is 6. The Hall–Kier alpha value is -1.33. The van der Waals surface area contributed by atoms with Crippen LogP contribution in [0.25, 0.3) is 0 Å². The molecule has 21 heavy (non-hydrogen) atoms. The van der Waals surface area contributed by atoms with Gasteiger partial charge < -0.3 is 5.32 Å². The van der Waals surface area contributed by atoms with Crippen LogP contribution in [0.5, 0.6) is 0 Å². The summed E-state index contributed by atoms with van der Waals surface area (Å²) in [5.74, 6) is -0.656. The molecule has 0 spiro atoms. The molecule has 2 aromatic rings. The van der Waals surface area contributed by atoms with Crippen LogP contribution in [-0.2, 0) is 6.42 Å².